The fraction of sp³-hybridized carbons (Fsp3) is 0.600. The van der Waals surface area contributed by atoms with Gasteiger partial charge in [-0.05, 0) is 12.2 Å². The topological polar surface area (TPSA) is 63.8 Å². The molecule has 0 unspecified atom stereocenters. The Bertz CT molecular complexity index is 303. The van der Waals surface area contributed by atoms with E-state index in [2.05, 4.69) is 22.2 Å². The minimum atomic E-state index is 0.333. The first-order valence-electron chi connectivity index (χ1n) is 5.21. The first-order valence-corrected chi connectivity index (χ1v) is 6.20. The van der Waals surface area contributed by atoms with Gasteiger partial charge in [0, 0.05) is 13.1 Å². The molecule has 0 saturated carbocycles. The molecule has 3 N–H and O–H groups in total. The highest BCUT2D eigenvalue weighted by atomic mass is 32.2. The highest BCUT2D eigenvalue weighted by molar-refractivity contribution is 7.99. The van der Waals surface area contributed by atoms with Crippen molar-refractivity contribution in [3.63, 3.8) is 0 Å². The van der Waals surface area contributed by atoms with Crippen molar-refractivity contribution in [3.8, 4) is 0 Å². The van der Waals surface area contributed by atoms with Gasteiger partial charge in [-0.1, -0.05) is 19.8 Å². The van der Waals surface area contributed by atoms with Crippen LogP contribution in [0.1, 0.15) is 26.2 Å². The van der Waals surface area contributed by atoms with Crippen LogP contribution < -0.4 is 11.1 Å². The van der Waals surface area contributed by atoms with E-state index in [-0.39, 0.29) is 0 Å². The number of aromatic nitrogens is 2. The molecule has 5 heteroatoms. The van der Waals surface area contributed by atoms with Crippen LogP contribution in [-0.4, -0.2) is 22.8 Å². The zero-order valence-corrected chi connectivity index (χ0v) is 10.1. The van der Waals surface area contributed by atoms with Crippen molar-refractivity contribution in [1.29, 1.82) is 0 Å². The van der Waals surface area contributed by atoms with Gasteiger partial charge in [-0.2, -0.15) is 4.98 Å². The Morgan fingerprint density at radius 3 is 2.87 bits per heavy atom. The van der Waals surface area contributed by atoms with Gasteiger partial charge in [0.2, 0.25) is 5.95 Å². The van der Waals surface area contributed by atoms with Crippen molar-refractivity contribution < 1.29 is 0 Å². The van der Waals surface area contributed by atoms with E-state index in [4.69, 9.17) is 5.73 Å². The summed E-state index contributed by atoms with van der Waals surface area (Å²) in [4.78, 5) is 8.21. The molecule has 0 amide bonds. The van der Waals surface area contributed by atoms with Gasteiger partial charge >= 0.3 is 0 Å². The monoisotopic (exact) mass is 226 g/mol. The second kappa shape index (κ2) is 6.50. The normalized spacial score (nSPS) is 10.3. The zero-order chi connectivity index (χ0) is 11.1. The van der Waals surface area contributed by atoms with Crippen LogP contribution in [0.4, 0.5) is 11.8 Å². The van der Waals surface area contributed by atoms with Gasteiger partial charge in [0.25, 0.3) is 0 Å². The summed E-state index contributed by atoms with van der Waals surface area (Å²) in [6.45, 7) is 2.20. The second-order valence-corrected chi connectivity index (χ2v) is 4.37. The third-order valence-electron chi connectivity index (χ3n) is 1.97. The maximum Gasteiger partial charge on any atom is 0.223 e. The van der Waals surface area contributed by atoms with Crippen LogP contribution in [0, 0.1) is 0 Å². The van der Waals surface area contributed by atoms with Gasteiger partial charge in [0.05, 0.1) is 0 Å². The molecule has 0 saturated heterocycles. The molecule has 84 valence electrons. The molecule has 0 spiro atoms. The van der Waals surface area contributed by atoms with Crippen LogP contribution >= 0.6 is 11.8 Å². The van der Waals surface area contributed by atoms with Crippen LogP contribution in [0.5, 0.6) is 0 Å². The maximum absolute atomic E-state index is 5.59. The molecule has 0 bridgehead atoms. The Hall–Kier alpha value is -0.970. The number of anilines is 2. The van der Waals surface area contributed by atoms with Crippen molar-refractivity contribution in [1.82, 2.24) is 9.97 Å². The fourth-order valence-corrected chi connectivity index (χ4v) is 2.08. The molecule has 0 aliphatic carbocycles. The van der Waals surface area contributed by atoms with Crippen LogP contribution in [0.2, 0.25) is 0 Å². The number of hydrogen-bond acceptors (Lipinski definition) is 5. The summed E-state index contributed by atoms with van der Waals surface area (Å²) in [7, 11) is 1.83. The summed E-state index contributed by atoms with van der Waals surface area (Å²) in [5.41, 5.74) is 5.59. The van der Waals surface area contributed by atoms with Crippen molar-refractivity contribution in [2.75, 3.05) is 23.9 Å². The summed E-state index contributed by atoms with van der Waals surface area (Å²) >= 11 is 1.73. The van der Waals surface area contributed by atoms with E-state index < -0.39 is 0 Å². The maximum atomic E-state index is 5.59. The first-order chi connectivity index (χ1) is 7.26. The smallest absolute Gasteiger partial charge is 0.223 e. The van der Waals surface area contributed by atoms with E-state index in [1.807, 2.05) is 13.1 Å². The molecule has 1 aromatic rings. The standard InChI is InChI=1S/C10H18N4S/c1-3-4-5-6-15-9-7-8(12-2)13-10(11)14-9/h7H,3-6H2,1-2H3,(H3,11,12,13,14). The van der Waals surface area contributed by atoms with E-state index in [1.165, 1.54) is 19.3 Å². The van der Waals surface area contributed by atoms with Crippen molar-refractivity contribution in [2.24, 2.45) is 0 Å². The van der Waals surface area contributed by atoms with Gasteiger partial charge < -0.3 is 11.1 Å². The van der Waals surface area contributed by atoms with E-state index >= 15 is 0 Å². The molecule has 0 aliphatic heterocycles. The summed E-state index contributed by atoms with van der Waals surface area (Å²) in [6.07, 6.45) is 3.74. The fourth-order valence-electron chi connectivity index (χ4n) is 1.17. The Balaban J connectivity index is 2.49. The highest BCUT2D eigenvalue weighted by Gasteiger charge is 2.01. The third-order valence-corrected chi connectivity index (χ3v) is 2.97. The molecular formula is C10H18N4S. The van der Waals surface area contributed by atoms with E-state index in [1.54, 1.807) is 11.8 Å². The van der Waals surface area contributed by atoms with Crippen LogP contribution in [0.15, 0.2) is 11.1 Å². The Labute approximate surface area is 95.1 Å². The van der Waals surface area contributed by atoms with Gasteiger partial charge in [-0.25, -0.2) is 4.98 Å². The van der Waals surface area contributed by atoms with Gasteiger partial charge in [0.15, 0.2) is 0 Å². The number of nitrogens with two attached hydrogens (primary N) is 1. The SMILES string of the molecule is CCCCCSc1cc(NC)nc(N)n1. The quantitative estimate of drug-likeness (QED) is 0.443. The first kappa shape index (κ1) is 12.1. The number of rotatable bonds is 6. The number of nitrogen functional groups attached to an aromatic ring is 1. The van der Waals surface area contributed by atoms with Gasteiger partial charge in [-0.3, -0.25) is 0 Å². The van der Waals surface area contributed by atoms with Crippen molar-refractivity contribution >= 4 is 23.5 Å². The summed E-state index contributed by atoms with van der Waals surface area (Å²) in [5.74, 6) is 2.20. The number of nitrogens with one attached hydrogen (secondary N) is 1. The molecule has 15 heavy (non-hydrogen) atoms. The lowest BCUT2D eigenvalue weighted by Crippen LogP contribution is -2.00. The van der Waals surface area contributed by atoms with Crippen LogP contribution in [0.3, 0.4) is 0 Å². The predicted molar refractivity (Wildman–Crippen MR) is 66.2 cm³/mol. The van der Waals surface area contributed by atoms with E-state index in [0.29, 0.717) is 5.95 Å². The molecule has 1 aromatic heterocycles. The number of hydrogen-bond donors (Lipinski definition) is 2. The molecule has 4 nitrogen and oxygen atoms in total. The molecule has 0 aliphatic rings. The number of thioether (sulfide) groups is 1. The molecule has 1 rings (SSSR count). The van der Waals surface area contributed by atoms with Crippen LogP contribution in [0.25, 0.3) is 0 Å². The molecule has 0 radical (unpaired) electrons. The van der Waals surface area contributed by atoms with Crippen molar-refractivity contribution in [2.45, 2.75) is 31.2 Å². The lowest BCUT2D eigenvalue weighted by Gasteiger charge is -2.04. The number of unbranched alkanes of at least 4 members (excludes halogenated alkanes) is 2. The second-order valence-electron chi connectivity index (χ2n) is 3.26. The van der Waals surface area contributed by atoms with E-state index in [0.717, 1.165) is 16.6 Å². The zero-order valence-electron chi connectivity index (χ0n) is 9.29. The van der Waals surface area contributed by atoms with Gasteiger partial charge in [-0.15, -0.1) is 11.8 Å². The minimum Gasteiger partial charge on any atom is -0.373 e. The molecule has 0 fully saturated rings. The average molecular weight is 226 g/mol. The Morgan fingerprint density at radius 2 is 2.20 bits per heavy atom. The third kappa shape index (κ3) is 4.38. The lowest BCUT2D eigenvalue weighted by atomic mass is 10.3. The highest BCUT2D eigenvalue weighted by Crippen LogP contribution is 2.20. The van der Waals surface area contributed by atoms with Crippen LogP contribution in [-0.2, 0) is 0 Å². The molecular weight excluding hydrogens is 208 g/mol. The molecule has 1 heterocycles. The number of nitrogens with zero attached hydrogens (tertiary/aromatic N) is 2. The molecule has 0 aromatic carbocycles. The Morgan fingerprint density at radius 1 is 1.40 bits per heavy atom. The molecule has 0 atom stereocenters. The largest absolute Gasteiger partial charge is 0.373 e. The summed E-state index contributed by atoms with van der Waals surface area (Å²) in [5, 5.41) is 3.91. The summed E-state index contributed by atoms with van der Waals surface area (Å²) < 4.78 is 0. The van der Waals surface area contributed by atoms with Crippen molar-refractivity contribution in [3.05, 3.63) is 6.07 Å². The lowest BCUT2D eigenvalue weighted by molar-refractivity contribution is 0.778. The average Bonchev–Trinajstić information content (AvgIpc) is 2.23. The minimum absolute atomic E-state index is 0.333. The van der Waals surface area contributed by atoms with E-state index in [9.17, 15) is 0 Å². The van der Waals surface area contributed by atoms with Gasteiger partial charge in [0.1, 0.15) is 10.8 Å². The predicted octanol–water partition coefficient (Wildman–Crippen LogP) is 2.38. The summed E-state index contributed by atoms with van der Waals surface area (Å²) in [6, 6.07) is 1.92. The Kier molecular flexibility index (Phi) is 5.25.